The van der Waals surface area contributed by atoms with E-state index in [-0.39, 0.29) is 5.56 Å². The molecule has 2 rings (SSSR count). The number of benzene rings is 1. The zero-order valence-corrected chi connectivity index (χ0v) is 11.1. The van der Waals surface area contributed by atoms with Gasteiger partial charge in [0.1, 0.15) is 0 Å². The molecular weight excluding hydrogens is 242 g/mol. The Labute approximate surface area is 112 Å². The van der Waals surface area contributed by atoms with Gasteiger partial charge in [-0.1, -0.05) is 13.3 Å². The van der Waals surface area contributed by atoms with Gasteiger partial charge in [0.15, 0.2) is 0 Å². The maximum Gasteiger partial charge on any atom is 0.261 e. The first-order valence-corrected chi connectivity index (χ1v) is 6.55. The molecule has 0 spiro atoms. The van der Waals surface area contributed by atoms with Crippen molar-refractivity contribution in [1.29, 1.82) is 0 Å². The highest BCUT2D eigenvalue weighted by atomic mass is 16.5. The molecule has 0 bridgehead atoms. The minimum absolute atomic E-state index is 0.0728. The summed E-state index contributed by atoms with van der Waals surface area (Å²) in [4.78, 5) is 16.5. The van der Waals surface area contributed by atoms with Gasteiger partial charge >= 0.3 is 0 Å². The van der Waals surface area contributed by atoms with Gasteiger partial charge in [-0.3, -0.25) is 9.36 Å². The summed E-state index contributed by atoms with van der Waals surface area (Å²) in [7, 11) is 0. The highest BCUT2D eigenvalue weighted by Gasteiger charge is 2.04. The van der Waals surface area contributed by atoms with Crippen LogP contribution in [0.2, 0.25) is 0 Å². The summed E-state index contributed by atoms with van der Waals surface area (Å²) in [6.45, 7) is 3.89. The molecule has 0 aliphatic carbocycles. The van der Waals surface area contributed by atoms with Gasteiger partial charge in [-0.25, -0.2) is 4.98 Å². The summed E-state index contributed by atoms with van der Waals surface area (Å²) >= 11 is 0. The smallest absolute Gasteiger partial charge is 0.261 e. The molecule has 0 saturated carbocycles. The number of rotatable bonds is 6. The standard InChI is InChI=1S/C14H19N3O2/c1-2-3-7-19-8-6-17-10-16-13-5-4-11(15)9-12(13)14(17)18/h4-5,9-10H,2-3,6-8,15H2,1H3. The van der Waals surface area contributed by atoms with Crippen LogP contribution < -0.4 is 11.3 Å². The average molecular weight is 261 g/mol. The number of nitrogens with zero attached hydrogens (tertiary/aromatic N) is 2. The molecule has 102 valence electrons. The molecule has 5 nitrogen and oxygen atoms in total. The lowest BCUT2D eigenvalue weighted by atomic mass is 10.2. The zero-order valence-electron chi connectivity index (χ0n) is 11.1. The SMILES string of the molecule is CCCCOCCn1cnc2ccc(N)cc2c1=O. The Morgan fingerprint density at radius 3 is 3.00 bits per heavy atom. The maximum absolute atomic E-state index is 12.2. The molecule has 2 aromatic rings. The molecule has 0 aliphatic heterocycles. The molecule has 0 atom stereocenters. The van der Waals surface area contributed by atoms with E-state index in [9.17, 15) is 4.79 Å². The van der Waals surface area contributed by atoms with Crippen molar-refractivity contribution >= 4 is 16.6 Å². The molecule has 1 aromatic heterocycles. The van der Waals surface area contributed by atoms with E-state index < -0.39 is 0 Å². The minimum Gasteiger partial charge on any atom is -0.399 e. The number of unbranched alkanes of at least 4 members (excludes halogenated alkanes) is 1. The van der Waals surface area contributed by atoms with Gasteiger partial charge in [0.05, 0.1) is 30.4 Å². The van der Waals surface area contributed by atoms with E-state index in [1.807, 2.05) is 0 Å². The first-order chi connectivity index (χ1) is 9.22. The lowest BCUT2D eigenvalue weighted by Crippen LogP contribution is -2.23. The van der Waals surface area contributed by atoms with Crippen molar-refractivity contribution in [2.45, 2.75) is 26.3 Å². The Morgan fingerprint density at radius 2 is 2.21 bits per heavy atom. The number of ether oxygens (including phenoxy) is 1. The largest absolute Gasteiger partial charge is 0.399 e. The molecule has 1 aromatic carbocycles. The quantitative estimate of drug-likeness (QED) is 0.636. The third kappa shape index (κ3) is 3.32. The van der Waals surface area contributed by atoms with Crippen molar-refractivity contribution in [2.24, 2.45) is 0 Å². The van der Waals surface area contributed by atoms with Crippen molar-refractivity contribution in [3.05, 3.63) is 34.9 Å². The van der Waals surface area contributed by atoms with Gasteiger partial charge in [0.2, 0.25) is 0 Å². The molecule has 5 heteroatoms. The molecule has 0 radical (unpaired) electrons. The van der Waals surface area contributed by atoms with E-state index >= 15 is 0 Å². The summed E-state index contributed by atoms with van der Waals surface area (Å²) in [5.41, 5.74) is 6.87. The van der Waals surface area contributed by atoms with E-state index in [4.69, 9.17) is 10.5 Å². The summed E-state index contributed by atoms with van der Waals surface area (Å²) < 4.78 is 7.02. The molecule has 0 fully saturated rings. The Morgan fingerprint density at radius 1 is 1.37 bits per heavy atom. The zero-order chi connectivity index (χ0) is 13.7. The topological polar surface area (TPSA) is 70.1 Å². The Balaban J connectivity index is 2.11. The molecular formula is C14H19N3O2. The fourth-order valence-corrected chi connectivity index (χ4v) is 1.85. The highest BCUT2D eigenvalue weighted by Crippen LogP contribution is 2.10. The summed E-state index contributed by atoms with van der Waals surface area (Å²) in [5.74, 6) is 0. The Hall–Kier alpha value is -1.88. The number of nitrogens with two attached hydrogens (primary N) is 1. The van der Waals surface area contributed by atoms with E-state index in [2.05, 4.69) is 11.9 Å². The summed E-state index contributed by atoms with van der Waals surface area (Å²) in [6, 6.07) is 5.17. The normalized spacial score (nSPS) is 11.0. The van der Waals surface area contributed by atoms with Crippen molar-refractivity contribution in [3.63, 3.8) is 0 Å². The third-order valence-electron chi connectivity index (χ3n) is 2.97. The minimum atomic E-state index is -0.0728. The van der Waals surface area contributed by atoms with Gasteiger partial charge in [0.25, 0.3) is 5.56 Å². The number of anilines is 1. The van der Waals surface area contributed by atoms with Crippen LogP contribution in [0.4, 0.5) is 5.69 Å². The Bertz CT molecular complexity index is 607. The lowest BCUT2D eigenvalue weighted by molar-refractivity contribution is 0.122. The van der Waals surface area contributed by atoms with Crippen molar-refractivity contribution < 1.29 is 4.74 Å². The summed E-state index contributed by atoms with van der Waals surface area (Å²) in [6.07, 6.45) is 3.71. The molecule has 0 saturated heterocycles. The van der Waals surface area contributed by atoms with E-state index in [1.54, 1.807) is 29.1 Å². The number of hydrogen-bond donors (Lipinski definition) is 1. The highest BCUT2D eigenvalue weighted by molar-refractivity contribution is 5.80. The van der Waals surface area contributed by atoms with Crippen LogP contribution in [0.15, 0.2) is 29.3 Å². The second kappa shape index (κ2) is 6.33. The van der Waals surface area contributed by atoms with E-state index in [1.165, 1.54) is 0 Å². The lowest BCUT2D eigenvalue weighted by Gasteiger charge is -2.07. The number of hydrogen-bond acceptors (Lipinski definition) is 4. The van der Waals surface area contributed by atoms with E-state index in [0.29, 0.717) is 29.7 Å². The molecule has 0 aliphatic rings. The molecule has 2 N–H and O–H groups in total. The first kappa shape index (κ1) is 13.5. The van der Waals surface area contributed by atoms with Crippen LogP contribution in [0.1, 0.15) is 19.8 Å². The van der Waals surface area contributed by atoms with Gasteiger partial charge in [-0.15, -0.1) is 0 Å². The van der Waals surface area contributed by atoms with Gasteiger partial charge in [-0.2, -0.15) is 0 Å². The fourth-order valence-electron chi connectivity index (χ4n) is 1.85. The fraction of sp³-hybridized carbons (Fsp3) is 0.429. The van der Waals surface area contributed by atoms with Crippen molar-refractivity contribution in [2.75, 3.05) is 18.9 Å². The van der Waals surface area contributed by atoms with Crippen LogP contribution in [-0.4, -0.2) is 22.8 Å². The maximum atomic E-state index is 12.2. The summed E-state index contributed by atoms with van der Waals surface area (Å²) in [5, 5.41) is 0.552. The van der Waals surface area contributed by atoms with Crippen LogP contribution in [0, 0.1) is 0 Å². The van der Waals surface area contributed by atoms with Gasteiger partial charge < -0.3 is 10.5 Å². The number of fused-ring (bicyclic) bond motifs is 1. The predicted molar refractivity (Wildman–Crippen MR) is 76.1 cm³/mol. The second-order valence-electron chi connectivity index (χ2n) is 4.49. The predicted octanol–water partition coefficient (Wildman–Crippen LogP) is 1.80. The van der Waals surface area contributed by atoms with Crippen LogP contribution in [0.3, 0.4) is 0 Å². The van der Waals surface area contributed by atoms with Crippen LogP contribution in [0.5, 0.6) is 0 Å². The Kier molecular flexibility index (Phi) is 4.52. The molecule has 0 unspecified atom stereocenters. The van der Waals surface area contributed by atoms with Crippen molar-refractivity contribution in [3.8, 4) is 0 Å². The van der Waals surface area contributed by atoms with Crippen LogP contribution in [-0.2, 0) is 11.3 Å². The second-order valence-corrected chi connectivity index (χ2v) is 4.49. The van der Waals surface area contributed by atoms with Gasteiger partial charge in [0, 0.05) is 12.3 Å². The van der Waals surface area contributed by atoms with Gasteiger partial charge in [-0.05, 0) is 24.6 Å². The molecule has 1 heterocycles. The van der Waals surface area contributed by atoms with E-state index in [0.717, 1.165) is 19.4 Å². The number of nitrogen functional groups attached to an aromatic ring is 1. The average Bonchev–Trinajstić information content (AvgIpc) is 2.41. The molecule has 19 heavy (non-hydrogen) atoms. The monoisotopic (exact) mass is 261 g/mol. The van der Waals surface area contributed by atoms with Crippen LogP contribution >= 0.6 is 0 Å². The number of aromatic nitrogens is 2. The van der Waals surface area contributed by atoms with Crippen LogP contribution in [0.25, 0.3) is 10.9 Å². The third-order valence-corrected chi connectivity index (χ3v) is 2.97. The van der Waals surface area contributed by atoms with Crippen molar-refractivity contribution in [1.82, 2.24) is 9.55 Å². The molecule has 0 amide bonds. The first-order valence-electron chi connectivity index (χ1n) is 6.55.